The Bertz CT molecular complexity index is 546. The number of para-hydroxylation sites is 1. The smallest absolute Gasteiger partial charge is 0.198 e. The van der Waals surface area contributed by atoms with Crippen LogP contribution in [0.2, 0.25) is 0 Å². The second kappa shape index (κ2) is 8.52. The molecule has 0 aliphatic carbocycles. The molecule has 0 bridgehead atoms. The molecule has 132 valence electrons. The molecule has 0 spiro atoms. The molecule has 4 heteroatoms. The van der Waals surface area contributed by atoms with Gasteiger partial charge in [-0.25, -0.2) is 0 Å². The summed E-state index contributed by atoms with van der Waals surface area (Å²) in [7, 11) is 1.89. The van der Waals surface area contributed by atoms with Crippen LogP contribution >= 0.6 is 0 Å². The average molecular weight is 329 g/mol. The van der Waals surface area contributed by atoms with Crippen molar-refractivity contribution < 1.29 is 0 Å². The highest BCUT2D eigenvalue weighted by Gasteiger charge is 2.22. The molecular formula is C20H32N4. The molecule has 0 unspecified atom stereocenters. The number of hydrogen-bond donors (Lipinski definition) is 1. The third-order valence-corrected chi connectivity index (χ3v) is 5.42. The molecule has 3 rings (SSSR count). The van der Waals surface area contributed by atoms with Gasteiger partial charge in [0.25, 0.3) is 0 Å². The van der Waals surface area contributed by atoms with Gasteiger partial charge in [-0.15, -0.1) is 0 Å². The van der Waals surface area contributed by atoms with E-state index in [9.17, 15) is 0 Å². The van der Waals surface area contributed by atoms with Crippen LogP contribution in [0.3, 0.4) is 0 Å². The van der Waals surface area contributed by atoms with Gasteiger partial charge in [-0.1, -0.05) is 25.1 Å². The van der Waals surface area contributed by atoms with Crippen molar-refractivity contribution in [3.8, 4) is 0 Å². The molecule has 0 atom stereocenters. The van der Waals surface area contributed by atoms with E-state index in [0.717, 1.165) is 31.4 Å². The van der Waals surface area contributed by atoms with E-state index < -0.39 is 0 Å². The van der Waals surface area contributed by atoms with Crippen molar-refractivity contribution in [3.63, 3.8) is 0 Å². The fourth-order valence-corrected chi connectivity index (χ4v) is 3.80. The Morgan fingerprint density at radius 3 is 2.75 bits per heavy atom. The van der Waals surface area contributed by atoms with E-state index in [-0.39, 0.29) is 0 Å². The van der Waals surface area contributed by atoms with Crippen molar-refractivity contribution in [1.82, 2.24) is 10.2 Å². The van der Waals surface area contributed by atoms with Crippen LogP contribution in [-0.2, 0) is 6.42 Å². The van der Waals surface area contributed by atoms with Crippen LogP contribution in [-0.4, -0.2) is 50.6 Å². The molecule has 24 heavy (non-hydrogen) atoms. The Balaban J connectivity index is 1.38. The monoisotopic (exact) mass is 328 g/mol. The van der Waals surface area contributed by atoms with Crippen molar-refractivity contribution in [2.24, 2.45) is 10.9 Å². The van der Waals surface area contributed by atoms with E-state index >= 15 is 0 Å². The number of hydrogen-bond acceptors (Lipinski definition) is 2. The molecule has 1 N–H and O–H groups in total. The van der Waals surface area contributed by atoms with Gasteiger partial charge in [0, 0.05) is 25.8 Å². The topological polar surface area (TPSA) is 30.9 Å². The zero-order chi connectivity index (χ0) is 16.8. The third kappa shape index (κ3) is 4.29. The number of nitrogens with one attached hydrogen (secondary N) is 1. The van der Waals surface area contributed by atoms with Gasteiger partial charge in [0.2, 0.25) is 0 Å². The molecule has 4 nitrogen and oxygen atoms in total. The van der Waals surface area contributed by atoms with Crippen molar-refractivity contribution in [2.75, 3.05) is 44.7 Å². The number of benzene rings is 1. The SMILES string of the molecule is CN=C(NCCCCN1CCC(C)CC1)N1CCc2ccccc21. The Hall–Kier alpha value is -1.55. The number of fused-ring (bicyclic) bond motifs is 1. The highest BCUT2D eigenvalue weighted by atomic mass is 15.3. The maximum absolute atomic E-state index is 4.49. The molecule has 1 saturated heterocycles. The van der Waals surface area contributed by atoms with E-state index in [1.165, 1.54) is 56.6 Å². The minimum Gasteiger partial charge on any atom is -0.356 e. The largest absolute Gasteiger partial charge is 0.356 e. The van der Waals surface area contributed by atoms with Gasteiger partial charge < -0.3 is 15.1 Å². The Labute approximate surface area is 146 Å². The lowest BCUT2D eigenvalue weighted by atomic mass is 9.99. The molecular weight excluding hydrogens is 296 g/mol. The van der Waals surface area contributed by atoms with Gasteiger partial charge in [-0.05, 0) is 69.3 Å². The molecule has 2 aliphatic heterocycles. The Kier molecular flexibility index (Phi) is 6.13. The van der Waals surface area contributed by atoms with Gasteiger partial charge in [-0.3, -0.25) is 4.99 Å². The highest BCUT2D eigenvalue weighted by molar-refractivity contribution is 5.97. The van der Waals surface area contributed by atoms with E-state index in [4.69, 9.17) is 0 Å². The quantitative estimate of drug-likeness (QED) is 0.512. The van der Waals surface area contributed by atoms with Crippen molar-refractivity contribution in [1.29, 1.82) is 0 Å². The van der Waals surface area contributed by atoms with E-state index in [1.807, 2.05) is 7.05 Å². The second-order valence-electron chi connectivity index (χ2n) is 7.24. The maximum Gasteiger partial charge on any atom is 0.198 e. The number of piperidine rings is 1. The molecule has 0 aromatic heterocycles. The third-order valence-electron chi connectivity index (χ3n) is 5.42. The Morgan fingerprint density at radius 2 is 1.96 bits per heavy atom. The van der Waals surface area contributed by atoms with Crippen LogP contribution in [0.4, 0.5) is 5.69 Å². The fraction of sp³-hybridized carbons (Fsp3) is 0.650. The number of aliphatic imine (C=N–C) groups is 1. The van der Waals surface area contributed by atoms with Gasteiger partial charge in [0.05, 0.1) is 0 Å². The summed E-state index contributed by atoms with van der Waals surface area (Å²) in [6.45, 7) is 8.26. The zero-order valence-electron chi connectivity index (χ0n) is 15.3. The van der Waals surface area contributed by atoms with Crippen LogP contribution in [0.15, 0.2) is 29.3 Å². The first kappa shape index (κ1) is 17.3. The maximum atomic E-state index is 4.49. The van der Waals surface area contributed by atoms with Gasteiger partial charge in [-0.2, -0.15) is 0 Å². The summed E-state index contributed by atoms with van der Waals surface area (Å²) in [4.78, 5) is 9.44. The summed E-state index contributed by atoms with van der Waals surface area (Å²) in [5.74, 6) is 1.95. The predicted octanol–water partition coefficient (Wildman–Crippen LogP) is 3.14. The number of unbranched alkanes of at least 4 members (excludes halogenated alkanes) is 1. The second-order valence-corrected chi connectivity index (χ2v) is 7.24. The molecule has 0 saturated carbocycles. The first-order valence-electron chi connectivity index (χ1n) is 9.56. The van der Waals surface area contributed by atoms with Crippen molar-refractivity contribution in [3.05, 3.63) is 29.8 Å². The van der Waals surface area contributed by atoms with Crippen LogP contribution < -0.4 is 10.2 Å². The van der Waals surface area contributed by atoms with Crippen LogP contribution in [0.5, 0.6) is 0 Å². The molecule has 0 amide bonds. The number of nitrogens with zero attached hydrogens (tertiary/aromatic N) is 3. The van der Waals surface area contributed by atoms with E-state index in [2.05, 4.69) is 51.3 Å². The normalized spacial score (nSPS) is 19.6. The minimum absolute atomic E-state index is 0.926. The molecule has 1 fully saturated rings. The minimum atomic E-state index is 0.926. The van der Waals surface area contributed by atoms with Gasteiger partial charge in [0.15, 0.2) is 5.96 Å². The first-order chi connectivity index (χ1) is 11.8. The van der Waals surface area contributed by atoms with Crippen LogP contribution in [0.1, 0.15) is 38.2 Å². The zero-order valence-corrected chi connectivity index (χ0v) is 15.3. The molecule has 2 heterocycles. The molecule has 2 aliphatic rings. The van der Waals surface area contributed by atoms with Crippen molar-refractivity contribution >= 4 is 11.6 Å². The van der Waals surface area contributed by atoms with Crippen LogP contribution in [0.25, 0.3) is 0 Å². The first-order valence-corrected chi connectivity index (χ1v) is 9.56. The average Bonchev–Trinajstić information content (AvgIpc) is 3.04. The summed E-state index contributed by atoms with van der Waals surface area (Å²) >= 11 is 0. The molecule has 1 aromatic rings. The summed E-state index contributed by atoms with van der Waals surface area (Å²) in [6, 6.07) is 8.67. The summed E-state index contributed by atoms with van der Waals surface area (Å²) in [5, 5.41) is 3.55. The molecule has 0 radical (unpaired) electrons. The van der Waals surface area contributed by atoms with E-state index in [1.54, 1.807) is 0 Å². The standard InChI is InChI=1S/C20H32N4/c1-17-9-14-23(15-10-17)13-6-5-12-22-20(21-2)24-16-11-18-7-3-4-8-19(18)24/h3-4,7-8,17H,5-6,9-16H2,1-2H3,(H,21,22). The predicted molar refractivity (Wildman–Crippen MR) is 103 cm³/mol. The van der Waals surface area contributed by atoms with E-state index in [0.29, 0.717) is 0 Å². The highest BCUT2D eigenvalue weighted by Crippen LogP contribution is 2.27. The van der Waals surface area contributed by atoms with Gasteiger partial charge >= 0.3 is 0 Å². The molecule has 1 aromatic carbocycles. The lowest BCUT2D eigenvalue weighted by molar-refractivity contribution is 0.189. The fourth-order valence-electron chi connectivity index (χ4n) is 3.80. The van der Waals surface area contributed by atoms with Gasteiger partial charge in [0.1, 0.15) is 0 Å². The number of guanidine groups is 1. The lowest BCUT2D eigenvalue weighted by Crippen LogP contribution is -2.41. The summed E-state index contributed by atoms with van der Waals surface area (Å²) < 4.78 is 0. The number of anilines is 1. The number of rotatable bonds is 5. The summed E-state index contributed by atoms with van der Waals surface area (Å²) in [5.41, 5.74) is 2.74. The lowest BCUT2D eigenvalue weighted by Gasteiger charge is -2.30. The Morgan fingerprint density at radius 1 is 1.17 bits per heavy atom. The van der Waals surface area contributed by atoms with Crippen LogP contribution in [0, 0.1) is 5.92 Å². The van der Waals surface area contributed by atoms with Crippen molar-refractivity contribution in [2.45, 2.75) is 39.0 Å². The number of likely N-dealkylation sites (tertiary alicyclic amines) is 1. The summed E-state index contributed by atoms with van der Waals surface area (Å²) in [6.07, 6.45) is 6.35.